The lowest BCUT2D eigenvalue weighted by Gasteiger charge is -2.33. The summed E-state index contributed by atoms with van der Waals surface area (Å²) in [5.74, 6) is 4.06. The molecule has 60 heavy (non-hydrogen) atoms. The molecule has 6 heterocycles. The number of nitrogens with one attached hydrogen (secondary N) is 1. The van der Waals surface area contributed by atoms with E-state index in [2.05, 4.69) is 72.2 Å². The first-order chi connectivity index (χ1) is 29.2. The average Bonchev–Trinajstić information content (AvgIpc) is 3.97. The number of ether oxygens (including phenoxy) is 2. The minimum atomic E-state index is -0.343. The largest absolute Gasteiger partial charge is 0.490 e. The Hall–Kier alpha value is -6.11. The third kappa shape index (κ3) is 8.09. The zero-order valence-corrected chi connectivity index (χ0v) is 35.0. The Morgan fingerprint density at radius 2 is 1.77 bits per heavy atom. The molecule has 6 aromatic rings. The first-order valence-electron chi connectivity index (χ1n) is 20.2. The van der Waals surface area contributed by atoms with Gasteiger partial charge in [-0.2, -0.15) is 5.26 Å². The lowest BCUT2D eigenvalue weighted by molar-refractivity contribution is 0.0888. The van der Waals surface area contributed by atoms with Crippen molar-refractivity contribution < 1.29 is 18.7 Å². The smallest absolute Gasteiger partial charge is 0.272 e. The molecule has 2 aliphatic heterocycles. The Labute approximate surface area is 356 Å². The summed E-state index contributed by atoms with van der Waals surface area (Å²) >= 11 is 7.90. The molecule has 9 rings (SSSR count). The molecule has 0 radical (unpaired) electrons. The van der Waals surface area contributed by atoms with E-state index in [-0.39, 0.29) is 35.9 Å². The molecule has 1 saturated heterocycles. The molecular formula is C44H43ClN10O4S. The number of hydrogen-bond donors (Lipinski definition) is 1. The van der Waals surface area contributed by atoms with Crippen LogP contribution >= 0.6 is 22.9 Å². The van der Waals surface area contributed by atoms with E-state index in [1.54, 1.807) is 48.1 Å². The lowest BCUT2D eigenvalue weighted by atomic mass is 9.93. The molecule has 1 saturated carbocycles. The number of hydrogen-bond acceptors (Lipinski definition) is 13. The summed E-state index contributed by atoms with van der Waals surface area (Å²) in [6.07, 6.45) is 8.63. The zero-order valence-electron chi connectivity index (χ0n) is 33.5. The number of carbonyl (C=O) groups excluding carboxylic acids is 1. The number of piperidine rings is 1. The normalized spacial score (nSPS) is 20.0. The number of rotatable bonds is 10. The number of halogens is 1. The van der Waals surface area contributed by atoms with Crippen LogP contribution in [-0.2, 0) is 6.42 Å². The second-order valence-corrected chi connectivity index (χ2v) is 17.1. The van der Waals surface area contributed by atoms with Crippen molar-refractivity contribution in [2.45, 2.75) is 90.0 Å². The summed E-state index contributed by atoms with van der Waals surface area (Å²) in [5.41, 5.74) is 4.84. The maximum absolute atomic E-state index is 13.1. The van der Waals surface area contributed by atoms with E-state index in [1.165, 1.54) is 10.4 Å². The fourth-order valence-corrected chi connectivity index (χ4v) is 9.65. The van der Waals surface area contributed by atoms with Gasteiger partial charge in [0, 0.05) is 34.7 Å². The standard InChI is InChI=1S/C44H43ClN10O4S/c1-25-26(2)60-44-40(25)41(49-37(22-39-47-18-20-57-39)42-53-50-27(3)55(42)44)28-6-11-31(12-7-28)59-34-5-4-19-54(24-34)38-17-16-36(51-52-38)43(56)48-30-9-14-32(15-10-30)58-33-13-8-29(23-46)35(45)21-33/h6-8,11-13,16-18,20-21,30,32,34,37H,4-5,9-10,14-15,19,22,24H2,1-3H3,(H,48,56)/t30?,32?,34-,37-/m0/s1. The van der Waals surface area contributed by atoms with Gasteiger partial charge in [-0.25, -0.2) is 4.98 Å². The van der Waals surface area contributed by atoms with Crippen molar-refractivity contribution in [3.63, 3.8) is 0 Å². The van der Waals surface area contributed by atoms with Crippen molar-refractivity contribution >= 4 is 40.4 Å². The van der Waals surface area contributed by atoms with Gasteiger partial charge in [0.2, 0.25) is 0 Å². The number of nitrogens with zero attached hydrogens (tertiary/aromatic N) is 9. The Balaban J connectivity index is 0.821. The van der Waals surface area contributed by atoms with Gasteiger partial charge in [-0.3, -0.25) is 14.4 Å². The van der Waals surface area contributed by atoms with Crippen molar-refractivity contribution in [1.29, 1.82) is 5.26 Å². The summed E-state index contributed by atoms with van der Waals surface area (Å²) in [4.78, 5) is 26.2. The number of nitriles is 1. The molecule has 0 spiro atoms. The van der Waals surface area contributed by atoms with Crippen LogP contribution in [0, 0.1) is 32.1 Å². The van der Waals surface area contributed by atoms with Crippen LogP contribution in [0.25, 0.3) is 5.00 Å². The molecule has 2 fully saturated rings. The van der Waals surface area contributed by atoms with Gasteiger partial charge in [0.05, 0.1) is 41.6 Å². The predicted molar refractivity (Wildman–Crippen MR) is 227 cm³/mol. The summed E-state index contributed by atoms with van der Waals surface area (Å²) in [7, 11) is 0. The molecule has 1 aliphatic carbocycles. The number of aliphatic imine (C=N–C) groups is 1. The Kier molecular flexibility index (Phi) is 11.1. The summed E-state index contributed by atoms with van der Waals surface area (Å²) in [5, 5.41) is 31.5. The van der Waals surface area contributed by atoms with Crippen molar-refractivity contribution in [3.8, 4) is 22.6 Å². The molecule has 2 atom stereocenters. The molecule has 2 aromatic carbocycles. The molecule has 306 valence electrons. The fourth-order valence-electron chi connectivity index (χ4n) is 8.22. The molecule has 3 aliphatic rings. The van der Waals surface area contributed by atoms with E-state index in [0.29, 0.717) is 41.0 Å². The topological polar surface area (TPSA) is 169 Å². The number of carbonyl (C=O) groups is 1. The number of aromatic nitrogens is 6. The van der Waals surface area contributed by atoms with Gasteiger partial charge in [0.25, 0.3) is 5.91 Å². The van der Waals surface area contributed by atoms with Crippen LogP contribution in [0.2, 0.25) is 5.02 Å². The van der Waals surface area contributed by atoms with Gasteiger partial charge in [-0.15, -0.1) is 31.7 Å². The van der Waals surface area contributed by atoms with Crippen LogP contribution in [-0.4, -0.2) is 72.9 Å². The maximum atomic E-state index is 13.1. The molecule has 0 bridgehead atoms. The summed E-state index contributed by atoms with van der Waals surface area (Å²) in [6.45, 7) is 7.73. The van der Waals surface area contributed by atoms with Crippen LogP contribution in [0.15, 0.2) is 76.5 Å². The number of amides is 1. The average molecular weight is 843 g/mol. The van der Waals surface area contributed by atoms with Gasteiger partial charge in [-0.05, 0) is 113 Å². The zero-order chi connectivity index (χ0) is 41.3. The molecule has 16 heteroatoms. The van der Waals surface area contributed by atoms with E-state index in [9.17, 15) is 4.79 Å². The second kappa shape index (κ2) is 16.9. The first kappa shape index (κ1) is 39.4. The monoisotopic (exact) mass is 842 g/mol. The molecule has 4 aromatic heterocycles. The van der Waals surface area contributed by atoms with Gasteiger partial charge < -0.3 is 24.1 Å². The maximum Gasteiger partial charge on any atom is 0.272 e. The van der Waals surface area contributed by atoms with Crippen molar-refractivity contribution in [2.75, 3.05) is 18.0 Å². The minimum Gasteiger partial charge on any atom is -0.490 e. The highest BCUT2D eigenvalue weighted by atomic mass is 35.5. The van der Waals surface area contributed by atoms with Gasteiger partial charge in [0.1, 0.15) is 46.8 Å². The predicted octanol–water partition coefficient (Wildman–Crippen LogP) is 7.86. The first-order valence-corrected chi connectivity index (χ1v) is 21.4. The molecular weight excluding hydrogens is 800 g/mol. The van der Waals surface area contributed by atoms with Crippen LogP contribution in [0.3, 0.4) is 0 Å². The Morgan fingerprint density at radius 1 is 0.967 bits per heavy atom. The van der Waals surface area contributed by atoms with Gasteiger partial charge in [0.15, 0.2) is 23.2 Å². The Bertz CT molecular complexity index is 2570. The van der Waals surface area contributed by atoms with E-state index in [4.69, 9.17) is 35.7 Å². The van der Waals surface area contributed by atoms with E-state index < -0.39 is 0 Å². The summed E-state index contributed by atoms with van der Waals surface area (Å²) < 4.78 is 20.4. The third-order valence-electron chi connectivity index (χ3n) is 11.5. The quantitative estimate of drug-likeness (QED) is 0.143. The number of aryl methyl sites for hydroxylation is 2. The fraction of sp³-hybridized carbons (Fsp3) is 0.364. The SMILES string of the molecule is Cc1sc2c(c1C)C(c1ccc(O[C@H]3CCCN(c4ccc(C(=O)NC5CCC(Oc6ccc(C#N)c(Cl)c6)CC5)nn4)C3)cc1)=N[C@@H](Cc1ncco1)c1nnc(C)n1-2. The van der Waals surface area contributed by atoms with Crippen LogP contribution < -0.4 is 19.7 Å². The van der Waals surface area contributed by atoms with Crippen LogP contribution in [0.1, 0.15) is 99.7 Å². The highest BCUT2D eigenvalue weighted by Gasteiger charge is 2.33. The Morgan fingerprint density at radius 3 is 2.50 bits per heavy atom. The van der Waals surface area contributed by atoms with Crippen LogP contribution in [0.4, 0.5) is 5.82 Å². The molecule has 1 amide bonds. The molecule has 14 nitrogen and oxygen atoms in total. The van der Waals surface area contributed by atoms with Crippen LogP contribution in [0.5, 0.6) is 11.5 Å². The number of fused-ring (bicyclic) bond motifs is 3. The number of thiophene rings is 1. The highest BCUT2D eigenvalue weighted by Crippen LogP contribution is 2.40. The van der Waals surface area contributed by atoms with E-state index in [0.717, 1.165) is 84.3 Å². The van der Waals surface area contributed by atoms with Crippen molar-refractivity contribution in [2.24, 2.45) is 4.99 Å². The number of oxazole rings is 1. The van der Waals surface area contributed by atoms with Gasteiger partial charge in [-0.1, -0.05) is 11.6 Å². The highest BCUT2D eigenvalue weighted by molar-refractivity contribution is 7.15. The van der Waals surface area contributed by atoms with E-state index >= 15 is 0 Å². The summed E-state index contributed by atoms with van der Waals surface area (Å²) in [6, 6.07) is 18.6. The lowest BCUT2D eigenvalue weighted by Crippen LogP contribution is -2.42. The van der Waals surface area contributed by atoms with Crippen molar-refractivity contribution in [3.05, 3.63) is 122 Å². The second-order valence-electron chi connectivity index (χ2n) is 15.5. The van der Waals surface area contributed by atoms with Gasteiger partial charge >= 0.3 is 0 Å². The number of anilines is 1. The number of benzene rings is 2. The van der Waals surface area contributed by atoms with Crippen molar-refractivity contribution in [1.82, 2.24) is 35.3 Å². The molecule has 0 unspecified atom stereocenters. The third-order valence-corrected chi connectivity index (χ3v) is 13.0. The molecule has 1 N–H and O–H groups in total. The minimum absolute atomic E-state index is 0.0163. The van der Waals surface area contributed by atoms with E-state index in [1.807, 2.05) is 25.1 Å².